The smallest absolute Gasteiger partial charge is 0.343 e. The van der Waals surface area contributed by atoms with Gasteiger partial charge in [0, 0.05) is 6.54 Å². The number of unbranched alkanes of at least 4 members (excludes halogenated alkanes) is 1. The van der Waals surface area contributed by atoms with E-state index in [4.69, 9.17) is 4.74 Å². The molecule has 1 amide bonds. The van der Waals surface area contributed by atoms with Crippen molar-refractivity contribution < 1.29 is 9.53 Å². The minimum Gasteiger partial charge on any atom is -0.497 e. The van der Waals surface area contributed by atoms with Crippen molar-refractivity contribution >= 4 is 17.7 Å². The van der Waals surface area contributed by atoms with Crippen LogP contribution in [0.5, 0.6) is 5.75 Å². The first-order valence-electron chi connectivity index (χ1n) is 9.33. The Hall–Kier alpha value is -2.22. The van der Waals surface area contributed by atoms with E-state index in [0.717, 1.165) is 37.0 Å². The van der Waals surface area contributed by atoms with Crippen LogP contribution in [0.4, 0.5) is 0 Å². The number of hydrogen-bond donors (Lipinski definition) is 2. The van der Waals surface area contributed by atoms with E-state index < -0.39 is 0 Å². The molecular formula is C19H26N4O3S. The molecule has 1 fully saturated rings. The van der Waals surface area contributed by atoms with Crippen LogP contribution in [0, 0.1) is 5.92 Å². The van der Waals surface area contributed by atoms with Crippen molar-refractivity contribution in [2.24, 2.45) is 5.92 Å². The van der Waals surface area contributed by atoms with E-state index in [-0.39, 0.29) is 23.4 Å². The molecule has 1 aromatic heterocycles. The molecule has 1 unspecified atom stereocenters. The number of carbonyl (C=O) groups is 1. The average molecular weight is 391 g/mol. The van der Waals surface area contributed by atoms with Gasteiger partial charge in [0.15, 0.2) is 5.16 Å². The van der Waals surface area contributed by atoms with Crippen LogP contribution in [0.1, 0.15) is 44.2 Å². The molecule has 3 rings (SSSR count). The molecule has 0 aliphatic heterocycles. The number of ether oxygens (including phenoxy) is 1. The normalized spacial score (nSPS) is 14.7. The maximum absolute atomic E-state index is 12.5. The molecule has 8 heteroatoms. The molecule has 1 aromatic carbocycles. The lowest BCUT2D eigenvalue weighted by Crippen LogP contribution is -2.31. The summed E-state index contributed by atoms with van der Waals surface area (Å²) in [7, 11) is 1.64. The lowest BCUT2D eigenvalue weighted by molar-refractivity contribution is -0.119. The lowest BCUT2D eigenvalue weighted by Gasteiger charge is -2.19. The average Bonchev–Trinajstić information content (AvgIpc) is 3.47. The Morgan fingerprint density at radius 3 is 2.78 bits per heavy atom. The molecule has 0 spiro atoms. The van der Waals surface area contributed by atoms with Gasteiger partial charge in [-0.15, -0.1) is 5.10 Å². The number of rotatable bonds is 10. The number of H-pyrrole nitrogens is 1. The molecule has 0 bridgehead atoms. The topological polar surface area (TPSA) is 89.0 Å². The molecule has 27 heavy (non-hydrogen) atoms. The fourth-order valence-electron chi connectivity index (χ4n) is 2.99. The third-order valence-corrected chi connectivity index (χ3v) is 5.65. The molecule has 1 aliphatic rings. The van der Waals surface area contributed by atoms with Crippen LogP contribution >= 0.6 is 11.8 Å². The van der Waals surface area contributed by atoms with Crippen LogP contribution in [-0.2, 0) is 11.3 Å². The summed E-state index contributed by atoms with van der Waals surface area (Å²) in [6.07, 6.45) is 4.15. The second-order valence-corrected chi connectivity index (χ2v) is 7.70. The molecule has 1 saturated carbocycles. The standard InChI is InChI=1S/C19H26N4O3S/c1-3-4-11-23-18(25)21-22-19(23)27-12-16(24)20-17(13-5-6-13)14-7-9-15(26-2)10-8-14/h7-10,13,17H,3-6,11-12H2,1-2H3,(H,20,24)(H,21,25). The number of carbonyl (C=O) groups excluding carboxylic acids is 1. The fourth-order valence-corrected chi connectivity index (χ4v) is 3.77. The van der Waals surface area contributed by atoms with Crippen LogP contribution in [0.3, 0.4) is 0 Å². The summed E-state index contributed by atoms with van der Waals surface area (Å²) < 4.78 is 6.81. The highest BCUT2D eigenvalue weighted by molar-refractivity contribution is 7.99. The third kappa shape index (κ3) is 5.15. The first-order chi connectivity index (χ1) is 13.1. The molecule has 2 N–H and O–H groups in total. The molecule has 1 atom stereocenters. The Morgan fingerprint density at radius 1 is 1.41 bits per heavy atom. The summed E-state index contributed by atoms with van der Waals surface area (Å²) in [6, 6.07) is 7.87. The first-order valence-corrected chi connectivity index (χ1v) is 10.3. The summed E-state index contributed by atoms with van der Waals surface area (Å²) in [6.45, 7) is 2.69. The van der Waals surface area contributed by atoms with Gasteiger partial charge in [0.2, 0.25) is 5.91 Å². The van der Waals surface area contributed by atoms with Crippen LogP contribution < -0.4 is 15.7 Å². The molecule has 1 aliphatic carbocycles. The SMILES string of the molecule is CCCCn1c(SCC(=O)NC(c2ccc(OC)cc2)C2CC2)n[nH]c1=O. The van der Waals surface area contributed by atoms with Gasteiger partial charge in [0.05, 0.1) is 18.9 Å². The maximum atomic E-state index is 12.5. The Labute approximate surface area is 162 Å². The van der Waals surface area contributed by atoms with Gasteiger partial charge in [-0.2, -0.15) is 0 Å². The number of aromatic amines is 1. The highest BCUT2D eigenvalue weighted by Crippen LogP contribution is 2.41. The second-order valence-electron chi connectivity index (χ2n) is 6.76. The Balaban J connectivity index is 1.59. The van der Waals surface area contributed by atoms with Gasteiger partial charge in [-0.3, -0.25) is 9.36 Å². The van der Waals surface area contributed by atoms with E-state index in [2.05, 4.69) is 22.4 Å². The molecule has 1 heterocycles. The van der Waals surface area contributed by atoms with Gasteiger partial charge in [-0.25, -0.2) is 9.89 Å². The Bertz CT molecular complexity index is 811. The van der Waals surface area contributed by atoms with Crippen LogP contribution in [0.15, 0.2) is 34.2 Å². The Morgan fingerprint density at radius 2 is 2.15 bits per heavy atom. The lowest BCUT2D eigenvalue weighted by atomic mass is 10.0. The predicted octanol–water partition coefficient (Wildman–Crippen LogP) is 2.74. The molecule has 0 saturated heterocycles. The molecule has 146 valence electrons. The predicted molar refractivity (Wildman–Crippen MR) is 105 cm³/mol. The zero-order valence-corrected chi connectivity index (χ0v) is 16.6. The van der Waals surface area contributed by atoms with Crippen LogP contribution in [-0.4, -0.2) is 33.5 Å². The fraction of sp³-hybridized carbons (Fsp3) is 0.526. The van der Waals surface area contributed by atoms with Gasteiger partial charge in [0.25, 0.3) is 0 Å². The minimum absolute atomic E-state index is 0.0190. The van der Waals surface area contributed by atoms with Gasteiger partial charge in [-0.05, 0) is 42.9 Å². The number of nitrogens with one attached hydrogen (secondary N) is 2. The zero-order valence-electron chi connectivity index (χ0n) is 15.7. The number of benzene rings is 1. The quantitative estimate of drug-likeness (QED) is 0.609. The van der Waals surface area contributed by atoms with Crippen molar-refractivity contribution in [3.8, 4) is 5.75 Å². The summed E-state index contributed by atoms with van der Waals surface area (Å²) in [4.78, 5) is 24.3. The molecule has 0 radical (unpaired) electrons. The van der Waals surface area contributed by atoms with Gasteiger partial charge < -0.3 is 10.1 Å². The van der Waals surface area contributed by atoms with Crippen molar-refractivity contribution in [3.63, 3.8) is 0 Å². The highest BCUT2D eigenvalue weighted by atomic mass is 32.2. The first kappa shape index (κ1) is 19.5. The Kier molecular flexibility index (Phi) is 6.60. The van der Waals surface area contributed by atoms with E-state index in [9.17, 15) is 9.59 Å². The maximum Gasteiger partial charge on any atom is 0.343 e. The van der Waals surface area contributed by atoms with Crippen molar-refractivity contribution in [1.82, 2.24) is 20.1 Å². The van der Waals surface area contributed by atoms with E-state index in [1.54, 1.807) is 11.7 Å². The minimum atomic E-state index is -0.222. The highest BCUT2D eigenvalue weighted by Gasteiger charge is 2.33. The number of nitrogens with zero attached hydrogens (tertiary/aromatic N) is 2. The van der Waals surface area contributed by atoms with Gasteiger partial charge in [0.1, 0.15) is 5.75 Å². The van der Waals surface area contributed by atoms with Crippen molar-refractivity contribution in [2.45, 2.75) is 50.4 Å². The van der Waals surface area contributed by atoms with E-state index >= 15 is 0 Å². The molecular weight excluding hydrogens is 364 g/mol. The van der Waals surface area contributed by atoms with E-state index in [1.807, 2.05) is 24.3 Å². The zero-order chi connectivity index (χ0) is 19.2. The molecule has 2 aromatic rings. The monoisotopic (exact) mass is 390 g/mol. The molecule has 7 nitrogen and oxygen atoms in total. The number of methoxy groups -OCH3 is 1. The third-order valence-electron chi connectivity index (χ3n) is 4.68. The van der Waals surface area contributed by atoms with E-state index in [1.165, 1.54) is 11.8 Å². The van der Waals surface area contributed by atoms with Crippen molar-refractivity contribution in [1.29, 1.82) is 0 Å². The summed E-state index contributed by atoms with van der Waals surface area (Å²) in [5.41, 5.74) is 0.872. The number of hydrogen-bond acceptors (Lipinski definition) is 5. The van der Waals surface area contributed by atoms with Crippen LogP contribution in [0.2, 0.25) is 0 Å². The van der Waals surface area contributed by atoms with Crippen LogP contribution in [0.25, 0.3) is 0 Å². The number of aromatic nitrogens is 3. The van der Waals surface area contributed by atoms with Crippen molar-refractivity contribution in [3.05, 3.63) is 40.3 Å². The summed E-state index contributed by atoms with van der Waals surface area (Å²) in [5, 5.41) is 10.2. The summed E-state index contributed by atoms with van der Waals surface area (Å²) >= 11 is 1.29. The van der Waals surface area contributed by atoms with E-state index in [0.29, 0.717) is 17.6 Å². The van der Waals surface area contributed by atoms with Crippen molar-refractivity contribution in [2.75, 3.05) is 12.9 Å². The van der Waals surface area contributed by atoms with Gasteiger partial charge in [-0.1, -0.05) is 37.2 Å². The second kappa shape index (κ2) is 9.12. The summed E-state index contributed by atoms with van der Waals surface area (Å²) in [5.74, 6) is 1.47. The number of amides is 1. The largest absolute Gasteiger partial charge is 0.497 e. The van der Waals surface area contributed by atoms with Gasteiger partial charge >= 0.3 is 5.69 Å². The number of thioether (sulfide) groups is 1.